The number of nitrogens with two attached hydrogens (primary N) is 1. The minimum absolute atomic E-state index is 0.00878. The highest BCUT2D eigenvalue weighted by molar-refractivity contribution is 7.89. The number of primary amides is 1. The van der Waals surface area contributed by atoms with Crippen molar-refractivity contribution in [3.63, 3.8) is 0 Å². The molecule has 0 aliphatic carbocycles. The number of fused-ring (bicyclic) bond motifs is 2. The molecule has 1 aromatic heterocycles. The van der Waals surface area contributed by atoms with Crippen molar-refractivity contribution in [2.24, 2.45) is 5.73 Å². The van der Waals surface area contributed by atoms with Crippen molar-refractivity contribution >= 4 is 26.9 Å². The predicted molar refractivity (Wildman–Crippen MR) is 98.3 cm³/mol. The lowest BCUT2D eigenvalue weighted by Gasteiger charge is -2.34. The van der Waals surface area contributed by atoms with Crippen LogP contribution in [-0.2, 0) is 27.8 Å². The zero-order chi connectivity index (χ0) is 19.2. The third kappa shape index (κ3) is 3.02. The molecule has 0 bridgehead atoms. The number of sulfonamides is 1. The van der Waals surface area contributed by atoms with Gasteiger partial charge in [-0.1, -0.05) is 24.3 Å². The van der Waals surface area contributed by atoms with Crippen molar-refractivity contribution in [3.8, 4) is 0 Å². The number of nitrogens with zero attached hydrogens (tertiary/aromatic N) is 1. The van der Waals surface area contributed by atoms with Gasteiger partial charge in [0, 0.05) is 18.0 Å². The van der Waals surface area contributed by atoms with Gasteiger partial charge in [0.05, 0.1) is 4.90 Å². The molecule has 4 rings (SSSR count). The summed E-state index contributed by atoms with van der Waals surface area (Å²) in [5.74, 6) is -0.695. The molecule has 0 spiro atoms. The van der Waals surface area contributed by atoms with E-state index in [1.165, 1.54) is 30.3 Å². The maximum atomic E-state index is 13.2. The fraction of sp³-hybridized carbons (Fsp3) is 0.158. The minimum atomic E-state index is -3.99. The maximum absolute atomic E-state index is 13.2. The highest BCUT2D eigenvalue weighted by Crippen LogP contribution is 2.30. The quantitative estimate of drug-likeness (QED) is 0.686. The third-order valence-electron chi connectivity index (χ3n) is 4.73. The van der Waals surface area contributed by atoms with Crippen LogP contribution in [0.15, 0.2) is 68.7 Å². The zero-order valence-electron chi connectivity index (χ0n) is 14.2. The van der Waals surface area contributed by atoms with Crippen LogP contribution in [0.5, 0.6) is 0 Å². The molecule has 7 nitrogen and oxygen atoms in total. The zero-order valence-corrected chi connectivity index (χ0v) is 15.0. The molecule has 0 saturated carbocycles. The summed E-state index contributed by atoms with van der Waals surface area (Å²) >= 11 is 0. The predicted octanol–water partition coefficient (Wildman–Crippen LogP) is 1.39. The Kier molecular flexibility index (Phi) is 4.09. The van der Waals surface area contributed by atoms with Crippen LogP contribution in [-0.4, -0.2) is 24.7 Å². The Morgan fingerprint density at radius 1 is 1.07 bits per heavy atom. The number of hydrogen-bond acceptors (Lipinski definition) is 5. The lowest BCUT2D eigenvalue weighted by Crippen LogP contribution is -2.50. The van der Waals surface area contributed by atoms with Gasteiger partial charge in [0.2, 0.25) is 15.9 Å². The smallest absolute Gasteiger partial charge is 0.336 e. The first-order chi connectivity index (χ1) is 12.9. The van der Waals surface area contributed by atoms with Gasteiger partial charge in [-0.05, 0) is 41.8 Å². The number of carbonyl (C=O) groups excluding carboxylic acids is 1. The number of amides is 1. The Bertz CT molecular complexity index is 1220. The SMILES string of the molecule is NC(=O)[C@@H]1Cc2ccccc2CN1S(=O)(=O)c1ccc2oc(=O)ccc2c1. The summed E-state index contributed by atoms with van der Waals surface area (Å²) in [5, 5.41) is 0.476. The highest BCUT2D eigenvalue weighted by Gasteiger charge is 2.38. The van der Waals surface area contributed by atoms with Gasteiger partial charge in [0.15, 0.2) is 0 Å². The Hall–Kier alpha value is -2.97. The van der Waals surface area contributed by atoms with Gasteiger partial charge in [0.25, 0.3) is 0 Å². The first-order valence-electron chi connectivity index (χ1n) is 8.28. The largest absolute Gasteiger partial charge is 0.423 e. The van der Waals surface area contributed by atoms with Crippen molar-refractivity contribution in [3.05, 3.63) is 76.1 Å². The molecule has 1 aliphatic heterocycles. The molecule has 1 aliphatic rings. The molecule has 1 atom stereocenters. The molecule has 2 heterocycles. The van der Waals surface area contributed by atoms with Crippen LogP contribution in [0.4, 0.5) is 0 Å². The molecular weight excluding hydrogens is 368 g/mol. The normalized spacial score (nSPS) is 17.6. The minimum Gasteiger partial charge on any atom is -0.423 e. The Balaban J connectivity index is 1.81. The van der Waals surface area contributed by atoms with Crippen molar-refractivity contribution in [2.45, 2.75) is 23.9 Å². The van der Waals surface area contributed by atoms with Gasteiger partial charge < -0.3 is 10.2 Å². The van der Waals surface area contributed by atoms with Crippen LogP contribution in [0.1, 0.15) is 11.1 Å². The van der Waals surface area contributed by atoms with E-state index in [4.69, 9.17) is 10.2 Å². The molecule has 138 valence electrons. The number of benzene rings is 2. The molecule has 27 heavy (non-hydrogen) atoms. The molecule has 1 amide bonds. The summed E-state index contributed by atoms with van der Waals surface area (Å²) in [7, 11) is -3.99. The van der Waals surface area contributed by atoms with E-state index < -0.39 is 27.6 Å². The van der Waals surface area contributed by atoms with E-state index in [-0.39, 0.29) is 23.4 Å². The van der Waals surface area contributed by atoms with Crippen LogP contribution in [0, 0.1) is 0 Å². The molecule has 3 aromatic rings. The van der Waals surface area contributed by atoms with E-state index in [2.05, 4.69) is 0 Å². The van der Waals surface area contributed by atoms with Gasteiger partial charge in [0.1, 0.15) is 11.6 Å². The third-order valence-corrected chi connectivity index (χ3v) is 6.58. The number of carbonyl (C=O) groups is 1. The maximum Gasteiger partial charge on any atom is 0.336 e. The van der Waals surface area contributed by atoms with E-state index >= 15 is 0 Å². The van der Waals surface area contributed by atoms with Gasteiger partial charge >= 0.3 is 5.63 Å². The standard InChI is InChI=1S/C19H16N2O5S/c20-19(23)16-10-12-3-1-2-4-14(12)11-21(16)27(24,25)15-6-7-17-13(9-15)5-8-18(22)26-17/h1-9,16H,10-11H2,(H2,20,23)/t16-/m0/s1. The van der Waals surface area contributed by atoms with E-state index in [1.807, 2.05) is 24.3 Å². The summed E-state index contributed by atoms with van der Waals surface area (Å²) in [6, 6.07) is 13.3. The van der Waals surface area contributed by atoms with Crippen LogP contribution in [0.2, 0.25) is 0 Å². The van der Waals surface area contributed by atoms with E-state index in [0.717, 1.165) is 15.4 Å². The second-order valence-corrected chi connectivity index (χ2v) is 8.29. The van der Waals surface area contributed by atoms with Gasteiger partial charge in [-0.25, -0.2) is 13.2 Å². The van der Waals surface area contributed by atoms with Crippen LogP contribution < -0.4 is 11.4 Å². The molecule has 0 unspecified atom stereocenters. The molecule has 8 heteroatoms. The van der Waals surface area contributed by atoms with Crippen molar-refractivity contribution in [1.82, 2.24) is 4.31 Å². The second-order valence-electron chi connectivity index (χ2n) is 6.40. The van der Waals surface area contributed by atoms with E-state index in [9.17, 15) is 18.0 Å². The Morgan fingerprint density at radius 3 is 2.56 bits per heavy atom. The first kappa shape index (κ1) is 17.4. The van der Waals surface area contributed by atoms with Gasteiger partial charge in [-0.2, -0.15) is 4.31 Å². The molecule has 0 fully saturated rings. The molecule has 2 N–H and O–H groups in total. The summed E-state index contributed by atoms with van der Waals surface area (Å²) < 4.78 is 32.7. The van der Waals surface area contributed by atoms with Crippen molar-refractivity contribution in [2.75, 3.05) is 0 Å². The molecule has 0 radical (unpaired) electrons. The number of hydrogen-bond donors (Lipinski definition) is 1. The van der Waals surface area contributed by atoms with Gasteiger partial charge in [-0.3, -0.25) is 4.79 Å². The fourth-order valence-electron chi connectivity index (χ4n) is 3.34. The number of rotatable bonds is 3. The summed E-state index contributed by atoms with van der Waals surface area (Å²) in [5.41, 5.74) is 7.02. The molecule has 0 saturated heterocycles. The highest BCUT2D eigenvalue weighted by atomic mass is 32.2. The van der Waals surface area contributed by atoms with E-state index in [1.54, 1.807) is 0 Å². The van der Waals surface area contributed by atoms with Crippen LogP contribution >= 0.6 is 0 Å². The molecular formula is C19H16N2O5S. The summed E-state index contributed by atoms with van der Waals surface area (Å²) in [6.07, 6.45) is 0.229. The van der Waals surface area contributed by atoms with Crippen LogP contribution in [0.3, 0.4) is 0 Å². The van der Waals surface area contributed by atoms with Crippen molar-refractivity contribution in [1.29, 1.82) is 0 Å². The topological polar surface area (TPSA) is 111 Å². The Morgan fingerprint density at radius 2 is 1.81 bits per heavy atom. The summed E-state index contributed by atoms with van der Waals surface area (Å²) in [4.78, 5) is 23.3. The molecule has 2 aromatic carbocycles. The average Bonchev–Trinajstić information content (AvgIpc) is 2.66. The second kappa shape index (κ2) is 6.33. The lowest BCUT2D eigenvalue weighted by molar-refractivity contribution is -0.122. The van der Waals surface area contributed by atoms with Gasteiger partial charge in [-0.15, -0.1) is 0 Å². The van der Waals surface area contributed by atoms with E-state index in [0.29, 0.717) is 5.39 Å². The monoisotopic (exact) mass is 384 g/mol. The Labute approximate surface area is 155 Å². The van der Waals surface area contributed by atoms with Crippen molar-refractivity contribution < 1.29 is 17.6 Å². The summed E-state index contributed by atoms with van der Waals surface area (Å²) in [6.45, 7) is 0.0635. The van der Waals surface area contributed by atoms with Crippen LogP contribution in [0.25, 0.3) is 11.0 Å². The lowest BCUT2D eigenvalue weighted by atomic mass is 9.96. The average molecular weight is 384 g/mol. The first-order valence-corrected chi connectivity index (χ1v) is 9.72. The fourth-order valence-corrected chi connectivity index (χ4v) is 4.95.